The summed E-state index contributed by atoms with van der Waals surface area (Å²) >= 11 is 0. The molecule has 0 amide bonds. The predicted molar refractivity (Wildman–Crippen MR) is 343 cm³/mol. The van der Waals surface area contributed by atoms with Gasteiger partial charge in [0.1, 0.15) is 5.58 Å². The molecule has 0 aliphatic carbocycles. The summed E-state index contributed by atoms with van der Waals surface area (Å²) < 4.78 is 19.1. The van der Waals surface area contributed by atoms with Crippen LogP contribution in [0, 0.1) is 19.1 Å². The molecule has 0 aliphatic rings. The summed E-state index contributed by atoms with van der Waals surface area (Å²) in [6, 6.07) is 76.3. The first-order valence-electron chi connectivity index (χ1n) is 29.1. The number of para-hydroxylation sites is 4. The molecule has 0 N–H and O–H groups in total. The summed E-state index contributed by atoms with van der Waals surface area (Å²) in [5.41, 5.74) is 20.6. The van der Waals surface area contributed by atoms with Crippen LogP contribution in [-0.4, -0.2) is 24.1 Å². The Kier molecular flexibility index (Phi) is 14.0. The van der Waals surface area contributed by atoms with Gasteiger partial charge in [-0.15, -0.1) is 23.8 Å². The molecular weight excluding hydrogens is 1210 g/mol. The molecule has 0 saturated heterocycles. The van der Waals surface area contributed by atoms with Crippen LogP contribution in [0.4, 0.5) is 0 Å². The van der Waals surface area contributed by atoms with E-state index in [0.717, 1.165) is 88.6 Å². The summed E-state index contributed by atoms with van der Waals surface area (Å²) in [6.07, 6.45) is 0. The van der Waals surface area contributed by atoms with Crippen molar-refractivity contribution >= 4 is 65.7 Å². The molecule has 7 nitrogen and oxygen atoms in total. The van der Waals surface area contributed by atoms with Crippen LogP contribution in [0.3, 0.4) is 0 Å². The maximum absolute atomic E-state index is 7.20. The minimum atomic E-state index is 0. The van der Waals surface area contributed by atoms with Gasteiger partial charge in [-0.25, -0.2) is 0 Å². The van der Waals surface area contributed by atoms with Gasteiger partial charge in [-0.1, -0.05) is 182 Å². The SMILES string of the molecule is Cc1ccc2c(ccc3c2ccc2oc4c(-c5nc6ccccc6n5-c5c(C(C)C)cc(-c6ccccc6)cc5C(C)C)[c-]c(Oc5[c-]c(-c6nc7ccccc7n6-c6c(C(C)C)cc(-c7ccccc7)cc6C(C)C)ccc5)cc4c23)n1.[Pt+2]. The monoisotopic (exact) mass is 1270 g/mol. The van der Waals surface area contributed by atoms with Gasteiger partial charge in [0.15, 0.2) is 0 Å². The van der Waals surface area contributed by atoms with Crippen molar-refractivity contribution in [3.8, 4) is 67.9 Å². The molecule has 14 aromatic rings. The van der Waals surface area contributed by atoms with E-state index in [0.29, 0.717) is 28.5 Å². The molecule has 0 saturated carbocycles. The third-order valence-electron chi connectivity index (χ3n) is 16.5. The topological polar surface area (TPSA) is 70.9 Å². The molecule has 0 spiro atoms. The normalized spacial score (nSPS) is 12.0. The molecule has 0 unspecified atom stereocenters. The van der Waals surface area contributed by atoms with Crippen LogP contribution in [0.15, 0.2) is 199 Å². The van der Waals surface area contributed by atoms with E-state index in [4.69, 9.17) is 24.1 Å². The standard InChI is InChI=1S/C76H63N5O2.Pt/c1-44(2)59-38-52(49-21-12-10-13-22-49)39-60(45(3)4)72(59)80-68-29-18-16-27-66(68)78-75(80)51-25-20-26-54(37-51)82-55-42-63-71-58-33-35-65-57(32-31-48(9)77-65)56(58)34-36-70(71)83-74(63)64(43-55)76-79-67-28-17-19-30-69(67)81(76)73-61(46(5)6)40-53(41-62(73)47(7)8)50-23-14-11-15-24-50;/h10-36,38-42,44-47H,1-9H3;/q-2;+2. The van der Waals surface area contributed by atoms with E-state index >= 15 is 0 Å². The zero-order valence-corrected chi connectivity index (χ0v) is 50.9. The third kappa shape index (κ3) is 9.30. The molecule has 0 fully saturated rings. The number of hydrogen-bond acceptors (Lipinski definition) is 5. The average molecular weight is 1270 g/mol. The van der Waals surface area contributed by atoms with E-state index in [1.54, 1.807) is 0 Å². The molecule has 10 aromatic carbocycles. The smallest absolute Gasteiger partial charge is 0.501 e. The van der Waals surface area contributed by atoms with E-state index < -0.39 is 0 Å². The fourth-order valence-corrected chi connectivity index (χ4v) is 12.5. The van der Waals surface area contributed by atoms with Crippen LogP contribution in [-0.2, 0) is 21.1 Å². The quantitative estimate of drug-likeness (QED) is 0.0900. The van der Waals surface area contributed by atoms with Gasteiger partial charge in [0.2, 0.25) is 0 Å². The zero-order chi connectivity index (χ0) is 56.8. The van der Waals surface area contributed by atoms with Gasteiger partial charge >= 0.3 is 21.1 Å². The van der Waals surface area contributed by atoms with Crippen molar-refractivity contribution < 1.29 is 30.2 Å². The molecule has 4 heterocycles. The minimum absolute atomic E-state index is 0. The van der Waals surface area contributed by atoms with E-state index in [-0.39, 0.29) is 44.7 Å². The van der Waals surface area contributed by atoms with Gasteiger partial charge in [0.25, 0.3) is 0 Å². The van der Waals surface area contributed by atoms with Crippen molar-refractivity contribution in [2.45, 2.75) is 86.0 Å². The summed E-state index contributed by atoms with van der Waals surface area (Å²) in [5.74, 6) is 3.28. The van der Waals surface area contributed by atoms with Gasteiger partial charge in [-0.3, -0.25) is 15.0 Å². The molecule has 414 valence electrons. The summed E-state index contributed by atoms with van der Waals surface area (Å²) in [7, 11) is 0. The number of furan rings is 1. The van der Waals surface area contributed by atoms with Crippen LogP contribution < -0.4 is 4.74 Å². The molecule has 84 heavy (non-hydrogen) atoms. The molecule has 0 atom stereocenters. The number of hydrogen-bond donors (Lipinski definition) is 0. The summed E-state index contributed by atoms with van der Waals surface area (Å²) in [5, 5.41) is 5.10. The van der Waals surface area contributed by atoms with E-state index in [1.165, 1.54) is 44.5 Å². The Hall–Kier alpha value is -8.90. The minimum Gasteiger partial charge on any atom is -0.501 e. The van der Waals surface area contributed by atoms with Crippen molar-refractivity contribution in [2.75, 3.05) is 0 Å². The largest absolute Gasteiger partial charge is 2.00 e. The Morgan fingerprint density at radius 1 is 0.417 bits per heavy atom. The van der Waals surface area contributed by atoms with Crippen LogP contribution in [0.25, 0.3) is 122 Å². The van der Waals surface area contributed by atoms with E-state index in [1.807, 2.05) is 19.1 Å². The van der Waals surface area contributed by atoms with E-state index in [9.17, 15) is 0 Å². The van der Waals surface area contributed by atoms with Gasteiger partial charge < -0.3 is 18.3 Å². The molecule has 0 bridgehead atoms. The predicted octanol–water partition coefficient (Wildman–Crippen LogP) is 20.8. The van der Waals surface area contributed by atoms with Crippen LogP contribution in [0.5, 0.6) is 11.5 Å². The second kappa shape index (κ2) is 21.7. The van der Waals surface area contributed by atoms with Crippen molar-refractivity contribution in [3.05, 3.63) is 234 Å². The molecule has 14 rings (SSSR count). The first-order valence-corrected chi connectivity index (χ1v) is 29.1. The van der Waals surface area contributed by atoms with Gasteiger partial charge in [-0.05, 0) is 159 Å². The van der Waals surface area contributed by atoms with Crippen LogP contribution in [0.2, 0.25) is 0 Å². The molecule has 4 aromatic heterocycles. The molecular formula is C76H63N5O2Pt. The number of pyridine rings is 1. The summed E-state index contributed by atoms with van der Waals surface area (Å²) in [6.45, 7) is 20.3. The van der Waals surface area contributed by atoms with Crippen molar-refractivity contribution in [1.29, 1.82) is 0 Å². The first-order chi connectivity index (χ1) is 40.4. The van der Waals surface area contributed by atoms with Crippen LogP contribution in [0.1, 0.15) is 107 Å². The number of rotatable bonds is 12. The third-order valence-corrected chi connectivity index (χ3v) is 16.5. The van der Waals surface area contributed by atoms with Gasteiger partial charge in [0, 0.05) is 39.3 Å². The average Bonchev–Trinajstić information content (AvgIpc) is 2.93. The Bertz CT molecular complexity index is 4800. The fraction of sp³-hybridized carbons (Fsp3) is 0.171. The zero-order valence-electron chi connectivity index (χ0n) is 48.7. The molecule has 8 heteroatoms. The first kappa shape index (κ1) is 54.4. The van der Waals surface area contributed by atoms with Gasteiger partial charge in [0.05, 0.1) is 44.8 Å². The van der Waals surface area contributed by atoms with Gasteiger partial charge in [-0.2, -0.15) is 0 Å². The number of imidazole rings is 2. The Labute approximate surface area is 504 Å². The van der Waals surface area contributed by atoms with Crippen molar-refractivity contribution in [2.24, 2.45) is 0 Å². The maximum Gasteiger partial charge on any atom is 2.00 e. The van der Waals surface area contributed by atoms with Crippen LogP contribution >= 0.6 is 0 Å². The van der Waals surface area contributed by atoms with Crippen molar-refractivity contribution in [3.63, 3.8) is 0 Å². The number of aryl methyl sites for hydroxylation is 1. The Balaban J connectivity index is 0.00000658. The second-order valence-corrected chi connectivity index (χ2v) is 23.4. The Morgan fingerprint density at radius 3 is 1.50 bits per heavy atom. The number of aromatic nitrogens is 5. The number of fused-ring (bicyclic) bond motifs is 9. The van der Waals surface area contributed by atoms with Crippen molar-refractivity contribution in [1.82, 2.24) is 24.1 Å². The maximum atomic E-state index is 7.20. The number of benzene rings is 10. The Morgan fingerprint density at radius 2 is 0.929 bits per heavy atom. The number of ether oxygens (including phenoxy) is 1. The molecule has 0 radical (unpaired) electrons. The number of nitrogens with zero attached hydrogens (tertiary/aromatic N) is 5. The van der Waals surface area contributed by atoms with E-state index in [2.05, 4.69) is 259 Å². The summed E-state index contributed by atoms with van der Waals surface area (Å²) in [4.78, 5) is 15.9. The second-order valence-electron chi connectivity index (χ2n) is 23.4. The fourth-order valence-electron chi connectivity index (χ4n) is 12.5. The molecule has 0 aliphatic heterocycles.